The van der Waals surface area contributed by atoms with Gasteiger partial charge in [0, 0.05) is 34.7 Å². The average molecular weight is 652 g/mol. The molecule has 1 nitrogen and oxygen atoms in total. The molecular formula is C48H61N. The highest BCUT2D eigenvalue weighted by Crippen LogP contribution is 2.69. The number of allylic oxidation sites excluding steroid dienone is 16. The van der Waals surface area contributed by atoms with Crippen LogP contribution in [0.15, 0.2) is 117 Å². The van der Waals surface area contributed by atoms with Gasteiger partial charge in [-0.1, -0.05) is 111 Å². The van der Waals surface area contributed by atoms with Crippen molar-refractivity contribution in [1.29, 1.82) is 0 Å². The zero-order valence-electron chi connectivity index (χ0n) is 30.8. The van der Waals surface area contributed by atoms with Gasteiger partial charge in [0.1, 0.15) is 0 Å². The van der Waals surface area contributed by atoms with Crippen molar-refractivity contribution in [3.63, 3.8) is 0 Å². The lowest BCUT2D eigenvalue weighted by Crippen LogP contribution is -2.46. The fourth-order valence-corrected chi connectivity index (χ4v) is 12.6. The highest BCUT2D eigenvalue weighted by molar-refractivity contribution is 5.69. The Labute approximate surface area is 297 Å². The lowest BCUT2D eigenvalue weighted by Gasteiger charge is -2.44. The predicted octanol–water partition coefficient (Wildman–Crippen LogP) is 12.5. The Kier molecular flexibility index (Phi) is 8.46. The molecule has 0 amide bonds. The van der Waals surface area contributed by atoms with Crippen LogP contribution in [-0.2, 0) is 0 Å². The minimum atomic E-state index is 0.135. The molecule has 2 fully saturated rings. The Morgan fingerprint density at radius 1 is 0.918 bits per heavy atom. The van der Waals surface area contributed by atoms with Crippen molar-refractivity contribution in [2.75, 3.05) is 0 Å². The summed E-state index contributed by atoms with van der Waals surface area (Å²) in [4.78, 5) is 0. The summed E-state index contributed by atoms with van der Waals surface area (Å²) in [7, 11) is 0. The van der Waals surface area contributed by atoms with E-state index < -0.39 is 0 Å². The molecule has 8 aliphatic carbocycles. The topological polar surface area (TPSA) is 12.0 Å². The molecule has 0 aromatic rings. The number of rotatable bonds is 5. The van der Waals surface area contributed by atoms with Crippen molar-refractivity contribution >= 4 is 0 Å². The minimum Gasteiger partial charge on any atom is -0.307 e. The van der Waals surface area contributed by atoms with Crippen LogP contribution >= 0.6 is 0 Å². The summed E-state index contributed by atoms with van der Waals surface area (Å²) in [6, 6.07) is 1.01. The Balaban J connectivity index is 1.04. The summed E-state index contributed by atoms with van der Waals surface area (Å²) in [5, 5.41) is 4.24. The first-order valence-electron chi connectivity index (χ1n) is 20.7. The second kappa shape index (κ2) is 12.8. The molecule has 1 heteroatoms. The molecule has 0 aromatic carbocycles. The van der Waals surface area contributed by atoms with Gasteiger partial charge in [0.25, 0.3) is 0 Å². The summed E-state index contributed by atoms with van der Waals surface area (Å²) >= 11 is 0. The molecule has 0 radical (unpaired) electrons. The fourth-order valence-electron chi connectivity index (χ4n) is 12.6. The van der Waals surface area contributed by atoms with E-state index >= 15 is 0 Å². The second-order valence-corrected chi connectivity index (χ2v) is 17.8. The Morgan fingerprint density at radius 3 is 2.59 bits per heavy atom. The number of fused-ring (bicyclic) bond motifs is 7. The fraction of sp³-hybridized carbons (Fsp3) is 0.583. The van der Waals surface area contributed by atoms with E-state index in [1.54, 1.807) is 50.2 Å². The Morgan fingerprint density at radius 2 is 1.80 bits per heavy atom. The van der Waals surface area contributed by atoms with Crippen LogP contribution in [0.3, 0.4) is 0 Å². The average Bonchev–Trinajstić information content (AvgIpc) is 3.55. The molecule has 0 bridgehead atoms. The molecule has 2 saturated carbocycles. The molecule has 49 heavy (non-hydrogen) atoms. The summed E-state index contributed by atoms with van der Waals surface area (Å²) in [6.45, 7) is 7.44. The molecule has 1 spiro atoms. The van der Waals surface area contributed by atoms with Crippen molar-refractivity contribution in [2.24, 2.45) is 34.5 Å². The Bertz CT molecular complexity index is 1680. The third-order valence-electron chi connectivity index (χ3n) is 14.9. The molecule has 6 atom stereocenters. The smallest absolute Gasteiger partial charge is 0.0318 e. The van der Waals surface area contributed by atoms with Gasteiger partial charge in [-0.3, -0.25) is 0 Å². The number of nitrogens with one attached hydrogen (secondary N) is 1. The van der Waals surface area contributed by atoms with Crippen LogP contribution in [0.5, 0.6) is 0 Å². The summed E-state index contributed by atoms with van der Waals surface area (Å²) in [5.41, 5.74) is 15.8. The summed E-state index contributed by atoms with van der Waals surface area (Å²) < 4.78 is 0. The van der Waals surface area contributed by atoms with Gasteiger partial charge in [0.05, 0.1) is 0 Å². The molecular weight excluding hydrogens is 591 g/mol. The van der Waals surface area contributed by atoms with Crippen molar-refractivity contribution in [3.05, 3.63) is 117 Å². The molecule has 9 rings (SSSR count). The predicted molar refractivity (Wildman–Crippen MR) is 207 cm³/mol. The van der Waals surface area contributed by atoms with E-state index in [0.29, 0.717) is 35.3 Å². The van der Waals surface area contributed by atoms with E-state index in [0.717, 1.165) is 12.3 Å². The SMILES string of the molecule is C/C=C(\CC1CC(C2CC=CCC2)=CC(C2C=CCCC2)N1)C1=CC2=C(CC1)C(C)(C)C1=C2C2C(C=C1)C1=CCCC=C1C21CCCCC1. The van der Waals surface area contributed by atoms with Gasteiger partial charge in [-0.25, -0.2) is 0 Å². The normalized spacial score (nSPS) is 36.1. The first kappa shape index (κ1) is 32.3. The van der Waals surface area contributed by atoms with Crippen LogP contribution in [0.25, 0.3) is 0 Å². The van der Waals surface area contributed by atoms with Gasteiger partial charge in [-0.15, -0.1) is 0 Å². The van der Waals surface area contributed by atoms with Crippen LogP contribution in [0, 0.1) is 34.5 Å². The zero-order valence-corrected chi connectivity index (χ0v) is 30.8. The van der Waals surface area contributed by atoms with Crippen LogP contribution < -0.4 is 5.32 Å². The van der Waals surface area contributed by atoms with Crippen molar-refractivity contribution in [2.45, 2.75) is 142 Å². The van der Waals surface area contributed by atoms with Crippen LogP contribution in [0.4, 0.5) is 0 Å². The van der Waals surface area contributed by atoms with E-state index in [9.17, 15) is 0 Å². The highest BCUT2D eigenvalue weighted by atomic mass is 15.0. The standard InChI is InChI=1S/C48H61N/c1-4-32(28-37-29-36(33-16-8-5-9-17-33)31-44(49-37)34-18-10-6-11-19-34)35-22-24-41-40(30-35)45-43(47(41,2)3)25-23-39-38-20-12-13-21-42(38)48(46(39)45)26-14-7-15-27-48/h4-5,8,10,18,20-21,23,25,30-31,33-34,37,39,44,46,49H,6-7,9,11-17,19,22,24,26-29H2,1-3H3/b32-4+. The highest BCUT2D eigenvalue weighted by Gasteiger charge is 2.58. The van der Waals surface area contributed by atoms with E-state index in [2.05, 4.69) is 92.9 Å². The quantitative estimate of drug-likeness (QED) is 0.292. The zero-order chi connectivity index (χ0) is 33.2. The second-order valence-electron chi connectivity index (χ2n) is 17.8. The first-order chi connectivity index (χ1) is 24.0. The van der Waals surface area contributed by atoms with E-state index in [1.807, 2.05) is 0 Å². The Hall–Kier alpha value is -2.64. The van der Waals surface area contributed by atoms with E-state index in [4.69, 9.17) is 0 Å². The molecule has 6 unspecified atom stereocenters. The minimum absolute atomic E-state index is 0.135. The van der Waals surface area contributed by atoms with Gasteiger partial charge >= 0.3 is 0 Å². The van der Waals surface area contributed by atoms with E-state index in [-0.39, 0.29) is 5.41 Å². The molecule has 9 aliphatic rings. The largest absolute Gasteiger partial charge is 0.307 e. The molecule has 258 valence electrons. The van der Waals surface area contributed by atoms with Gasteiger partial charge < -0.3 is 5.32 Å². The van der Waals surface area contributed by atoms with Crippen LogP contribution in [-0.4, -0.2) is 12.1 Å². The van der Waals surface area contributed by atoms with Gasteiger partial charge in [-0.05, 0) is 148 Å². The third kappa shape index (κ3) is 5.34. The maximum atomic E-state index is 4.24. The van der Waals surface area contributed by atoms with Crippen molar-refractivity contribution in [1.82, 2.24) is 5.32 Å². The van der Waals surface area contributed by atoms with Gasteiger partial charge in [-0.2, -0.15) is 0 Å². The number of hydrogen-bond donors (Lipinski definition) is 1. The van der Waals surface area contributed by atoms with Crippen LogP contribution in [0.2, 0.25) is 0 Å². The van der Waals surface area contributed by atoms with Crippen LogP contribution in [0.1, 0.15) is 130 Å². The van der Waals surface area contributed by atoms with Crippen molar-refractivity contribution in [3.8, 4) is 0 Å². The lowest BCUT2D eigenvalue weighted by molar-refractivity contribution is 0.176. The molecule has 0 aromatic heterocycles. The molecule has 1 aliphatic heterocycles. The first-order valence-corrected chi connectivity index (χ1v) is 20.7. The van der Waals surface area contributed by atoms with Gasteiger partial charge in [0.15, 0.2) is 0 Å². The lowest BCUT2D eigenvalue weighted by atomic mass is 9.60. The molecule has 0 saturated heterocycles. The summed E-state index contributed by atoms with van der Waals surface area (Å²) in [6.07, 6.45) is 50.4. The third-order valence-corrected chi connectivity index (χ3v) is 14.9. The molecule has 1 heterocycles. The maximum absolute atomic E-state index is 4.24. The summed E-state index contributed by atoms with van der Waals surface area (Å²) in [5.74, 6) is 2.59. The monoisotopic (exact) mass is 651 g/mol. The van der Waals surface area contributed by atoms with E-state index in [1.165, 1.54) is 103 Å². The molecule has 1 N–H and O–H groups in total. The van der Waals surface area contributed by atoms with Gasteiger partial charge in [0.2, 0.25) is 0 Å². The number of hydrogen-bond acceptors (Lipinski definition) is 1. The maximum Gasteiger partial charge on any atom is 0.0318 e. The van der Waals surface area contributed by atoms with Crippen molar-refractivity contribution < 1.29 is 0 Å².